The summed E-state index contributed by atoms with van der Waals surface area (Å²) in [6, 6.07) is 15.3. The maximum atomic E-state index is 12.5. The fraction of sp³-hybridized carbons (Fsp3) is 0.211. The molecule has 0 unspecified atom stereocenters. The fourth-order valence-corrected chi connectivity index (χ4v) is 3.69. The van der Waals surface area contributed by atoms with E-state index in [1.165, 1.54) is 11.8 Å². The van der Waals surface area contributed by atoms with Crippen molar-refractivity contribution in [3.8, 4) is 17.2 Å². The van der Waals surface area contributed by atoms with Crippen molar-refractivity contribution in [3.05, 3.63) is 54.1 Å². The minimum Gasteiger partial charge on any atom is -0.497 e. The van der Waals surface area contributed by atoms with E-state index in [2.05, 4.69) is 15.5 Å². The van der Waals surface area contributed by atoms with Crippen molar-refractivity contribution in [2.75, 3.05) is 12.4 Å². The summed E-state index contributed by atoms with van der Waals surface area (Å²) in [5.74, 6) is 1.15. The zero-order valence-corrected chi connectivity index (χ0v) is 15.0. The molecule has 4 rings (SSSR count). The largest absolute Gasteiger partial charge is 0.497 e. The van der Waals surface area contributed by atoms with Crippen molar-refractivity contribution in [3.63, 3.8) is 0 Å². The number of rotatable bonds is 4. The van der Waals surface area contributed by atoms with Gasteiger partial charge in [0.1, 0.15) is 5.75 Å². The van der Waals surface area contributed by atoms with Gasteiger partial charge in [-0.1, -0.05) is 30.0 Å². The molecule has 6 nitrogen and oxygen atoms in total. The molecule has 1 amide bonds. The Kier molecular flexibility index (Phi) is 4.62. The number of hydrogen-bond donors (Lipinski definition) is 1. The number of carbonyl (C=O) groups is 1. The number of thioether (sulfide) groups is 1. The number of aryl methyl sites for hydroxylation is 1. The molecule has 3 aromatic rings. The summed E-state index contributed by atoms with van der Waals surface area (Å²) in [4.78, 5) is 12.5. The number of aromatic nitrogens is 2. The van der Waals surface area contributed by atoms with Crippen LogP contribution >= 0.6 is 11.8 Å². The molecule has 0 spiro atoms. The Hall–Kier alpha value is -2.80. The molecule has 2 heterocycles. The monoisotopic (exact) mass is 367 g/mol. The van der Waals surface area contributed by atoms with E-state index in [0.29, 0.717) is 17.5 Å². The second-order valence-electron chi connectivity index (χ2n) is 5.89. The fourth-order valence-electron chi connectivity index (χ4n) is 2.83. The smallest absolute Gasteiger partial charge is 0.277 e. The van der Waals surface area contributed by atoms with Crippen LogP contribution in [0.5, 0.6) is 5.75 Å². The van der Waals surface area contributed by atoms with E-state index < -0.39 is 0 Å². The first-order chi connectivity index (χ1) is 12.7. The van der Waals surface area contributed by atoms with Gasteiger partial charge in [0.2, 0.25) is 11.8 Å². The van der Waals surface area contributed by atoms with Crippen LogP contribution in [0, 0.1) is 0 Å². The second kappa shape index (κ2) is 7.21. The third kappa shape index (κ3) is 3.43. The highest BCUT2D eigenvalue weighted by Gasteiger charge is 2.26. The van der Waals surface area contributed by atoms with Gasteiger partial charge >= 0.3 is 0 Å². The van der Waals surface area contributed by atoms with Gasteiger partial charge < -0.3 is 14.5 Å². The van der Waals surface area contributed by atoms with Crippen LogP contribution in [0.15, 0.2) is 58.2 Å². The number of nitrogens with one attached hydrogen (secondary N) is 1. The summed E-state index contributed by atoms with van der Waals surface area (Å²) in [5.41, 5.74) is 2.83. The van der Waals surface area contributed by atoms with E-state index >= 15 is 0 Å². The van der Waals surface area contributed by atoms with Crippen LogP contribution in [-0.4, -0.2) is 28.5 Å². The maximum Gasteiger partial charge on any atom is 0.277 e. The molecule has 1 N–H and O–H groups in total. The predicted molar refractivity (Wildman–Crippen MR) is 99.3 cm³/mol. The van der Waals surface area contributed by atoms with E-state index in [4.69, 9.17) is 9.15 Å². The van der Waals surface area contributed by atoms with Gasteiger partial charge in [-0.25, -0.2) is 0 Å². The summed E-state index contributed by atoms with van der Waals surface area (Å²) < 4.78 is 10.9. The van der Waals surface area contributed by atoms with Crippen molar-refractivity contribution < 1.29 is 13.9 Å². The molecule has 0 fully saturated rings. The Balaban J connectivity index is 1.48. The Labute approximate surface area is 155 Å². The molecule has 0 radical (unpaired) electrons. The summed E-state index contributed by atoms with van der Waals surface area (Å²) in [6.45, 7) is 0. The van der Waals surface area contributed by atoms with Gasteiger partial charge in [-0.05, 0) is 48.7 Å². The van der Waals surface area contributed by atoms with Crippen molar-refractivity contribution >= 4 is 23.4 Å². The first-order valence-corrected chi connectivity index (χ1v) is 9.14. The van der Waals surface area contributed by atoms with Gasteiger partial charge in [-0.2, -0.15) is 0 Å². The Morgan fingerprint density at radius 1 is 1.15 bits per heavy atom. The number of hydrogen-bond acceptors (Lipinski definition) is 6. The van der Waals surface area contributed by atoms with Crippen LogP contribution in [-0.2, 0) is 11.2 Å². The molecule has 26 heavy (non-hydrogen) atoms. The quantitative estimate of drug-likeness (QED) is 0.756. The molecule has 1 aromatic heterocycles. The van der Waals surface area contributed by atoms with Gasteiger partial charge in [0.25, 0.3) is 5.22 Å². The van der Waals surface area contributed by atoms with E-state index in [-0.39, 0.29) is 11.2 Å². The van der Waals surface area contributed by atoms with Crippen LogP contribution in [0.3, 0.4) is 0 Å². The van der Waals surface area contributed by atoms with E-state index in [1.807, 2.05) is 48.5 Å². The lowest BCUT2D eigenvalue weighted by atomic mass is 10.1. The highest BCUT2D eigenvalue weighted by molar-refractivity contribution is 8.00. The average Bonchev–Trinajstić information content (AvgIpc) is 3.08. The summed E-state index contributed by atoms with van der Waals surface area (Å²) in [6.07, 6.45) is 1.54. The van der Waals surface area contributed by atoms with E-state index in [1.54, 1.807) is 7.11 Å². The molecule has 2 aromatic carbocycles. The van der Waals surface area contributed by atoms with Gasteiger partial charge in [-0.15, -0.1) is 10.2 Å². The number of ether oxygens (including phenoxy) is 1. The summed E-state index contributed by atoms with van der Waals surface area (Å²) in [7, 11) is 1.62. The number of amides is 1. The Bertz CT molecular complexity index is 924. The topological polar surface area (TPSA) is 77.3 Å². The van der Waals surface area contributed by atoms with Gasteiger partial charge in [0, 0.05) is 11.3 Å². The van der Waals surface area contributed by atoms with Gasteiger partial charge in [0.15, 0.2) is 0 Å². The Morgan fingerprint density at radius 3 is 2.77 bits per heavy atom. The zero-order chi connectivity index (χ0) is 17.9. The zero-order valence-electron chi connectivity index (χ0n) is 14.1. The van der Waals surface area contributed by atoms with Crippen LogP contribution < -0.4 is 10.1 Å². The highest BCUT2D eigenvalue weighted by atomic mass is 32.2. The number of nitrogens with zero attached hydrogens (tertiary/aromatic N) is 2. The van der Waals surface area contributed by atoms with Crippen LogP contribution in [0.1, 0.15) is 12.0 Å². The van der Waals surface area contributed by atoms with Crippen molar-refractivity contribution in [2.24, 2.45) is 0 Å². The molecular formula is C19H17N3O3S. The number of carbonyl (C=O) groups excluding carboxylic acids is 1. The second-order valence-corrected chi connectivity index (χ2v) is 7.05. The van der Waals surface area contributed by atoms with E-state index in [0.717, 1.165) is 29.0 Å². The van der Waals surface area contributed by atoms with Crippen molar-refractivity contribution in [1.82, 2.24) is 10.2 Å². The lowest BCUT2D eigenvalue weighted by Crippen LogP contribution is -2.23. The number of para-hydroxylation sites is 1. The number of benzene rings is 2. The van der Waals surface area contributed by atoms with Crippen LogP contribution in [0.25, 0.3) is 11.5 Å². The summed E-state index contributed by atoms with van der Waals surface area (Å²) in [5, 5.41) is 11.3. The molecular weight excluding hydrogens is 350 g/mol. The van der Waals surface area contributed by atoms with Gasteiger partial charge in [0.05, 0.1) is 12.4 Å². The lowest BCUT2D eigenvalue weighted by Gasteiger charge is -2.09. The molecule has 1 atom stereocenters. The minimum absolute atomic E-state index is 0.0378. The molecule has 1 aliphatic heterocycles. The first kappa shape index (κ1) is 16.7. The normalized spacial score (nSPS) is 16.5. The third-order valence-electron chi connectivity index (χ3n) is 4.23. The maximum absolute atomic E-state index is 12.5. The molecule has 0 saturated carbocycles. The third-order valence-corrected chi connectivity index (χ3v) is 5.33. The minimum atomic E-state index is -0.272. The first-order valence-electron chi connectivity index (χ1n) is 8.26. The Morgan fingerprint density at radius 2 is 1.96 bits per heavy atom. The molecule has 0 aliphatic carbocycles. The molecule has 0 saturated heterocycles. The van der Waals surface area contributed by atoms with Gasteiger partial charge in [-0.3, -0.25) is 4.79 Å². The summed E-state index contributed by atoms with van der Waals surface area (Å²) >= 11 is 1.30. The predicted octanol–water partition coefficient (Wildman–Crippen LogP) is 3.79. The standard InChI is InChI=1S/C19H17N3O3S/c1-24-14-9-6-13(7-10-14)18-21-22-19(25-18)26-16-11-8-12-4-2-3-5-15(12)20-17(16)23/h2-7,9-10,16H,8,11H2,1H3,(H,20,23)/t16-/m0/s1. The SMILES string of the molecule is COc1ccc(-c2nnc(S[C@H]3CCc4ccccc4NC3=O)o2)cc1. The average molecular weight is 367 g/mol. The van der Waals surface area contributed by atoms with E-state index in [9.17, 15) is 4.79 Å². The highest BCUT2D eigenvalue weighted by Crippen LogP contribution is 2.32. The lowest BCUT2D eigenvalue weighted by molar-refractivity contribution is -0.115. The molecule has 7 heteroatoms. The number of anilines is 1. The van der Waals surface area contributed by atoms with Crippen molar-refractivity contribution in [1.29, 1.82) is 0 Å². The number of fused-ring (bicyclic) bond motifs is 1. The van der Waals surface area contributed by atoms with Crippen LogP contribution in [0.4, 0.5) is 5.69 Å². The number of methoxy groups -OCH3 is 1. The molecule has 1 aliphatic rings. The van der Waals surface area contributed by atoms with Crippen molar-refractivity contribution in [2.45, 2.75) is 23.3 Å². The molecule has 0 bridgehead atoms. The molecule has 132 valence electrons. The van der Waals surface area contributed by atoms with Crippen LogP contribution in [0.2, 0.25) is 0 Å².